The van der Waals surface area contributed by atoms with Gasteiger partial charge in [0.05, 0.1) is 24.8 Å². The number of morpholine rings is 1. The molecule has 1 aliphatic heterocycles. The largest absolute Gasteiger partial charge is 0.377 e. The summed E-state index contributed by atoms with van der Waals surface area (Å²) in [6.07, 6.45) is 0. The molecule has 0 aliphatic carbocycles. The zero-order chi connectivity index (χ0) is 13.2. The van der Waals surface area contributed by atoms with Crippen LogP contribution in [0.5, 0.6) is 0 Å². The topological polar surface area (TPSA) is 76.3 Å². The van der Waals surface area contributed by atoms with Gasteiger partial charge in [-0.2, -0.15) is 4.98 Å². The van der Waals surface area contributed by atoms with Gasteiger partial charge in [-0.1, -0.05) is 12.1 Å². The van der Waals surface area contributed by atoms with Crippen molar-refractivity contribution in [2.75, 3.05) is 30.1 Å². The first kappa shape index (κ1) is 12.1. The highest BCUT2D eigenvalue weighted by Crippen LogP contribution is 2.27. The van der Waals surface area contributed by atoms with Crippen LogP contribution in [0, 0.1) is 0 Å². The maximum absolute atomic E-state index is 5.48. The predicted molar refractivity (Wildman–Crippen MR) is 75.0 cm³/mol. The fourth-order valence-corrected chi connectivity index (χ4v) is 2.39. The van der Waals surface area contributed by atoms with Crippen LogP contribution in [0.2, 0.25) is 0 Å². The third kappa shape index (κ3) is 2.20. The van der Waals surface area contributed by atoms with Gasteiger partial charge in [-0.15, -0.1) is 0 Å². The van der Waals surface area contributed by atoms with Gasteiger partial charge in [-0.05, 0) is 19.1 Å². The smallest absolute Gasteiger partial charge is 0.239 e. The van der Waals surface area contributed by atoms with E-state index in [1.165, 1.54) is 0 Å². The van der Waals surface area contributed by atoms with Gasteiger partial charge in [0.25, 0.3) is 0 Å². The van der Waals surface area contributed by atoms with E-state index in [2.05, 4.69) is 27.2 Å². The second-order valence-corrected chi connectivity index (χ2v) is 4.65. The molecule has 1 aromatic heterocycles. The lowest BCUT2D eigenvalue weighted by atomic mass is 10.2. The molecule has 3 rings (SSSR count). The molecule has 6 nitrogen and oxygen atoms in total. The van der Waals surface area contributed by atoms with Crippen LogP contribution in [-0.4, -0.2) is 35.8 Å². The second-order valence-electron chi connectivity index (χ2n) is 4.65. The summed E-state index contributed by atoms with van der Waals surface area (Å²) < 4.78 is 5.48. The molecular weight excluding hydrogens is 242 g/mol. The highest BCUT2D eigenvalue weighted by Gasteiger charge is 2.22. The van der Waals surface area contributed by atoms with Gasteiger partial charge in [0.1, 0.15) is 5.82 Å². The van der Waals surface area contributed by atoms with E-state index in [1.807, 2.05) is 24.3 Å². The molecule has 0 saturated carbocycles. The van der Waals surface area contributed by atoms with E-state index < -0.39 is 0 Å². The van der Waals surface area contributed by atoms with Gasteiger partial charge >= 0.3 is 0 Å². The Hall–Kier alpha value is -1.92. The average molecular weight is 259 g/mol. The average Bonchev–Trinajstić information content (AvgIpc) is 2.46. The van der Waals surface area contributed by atoms with Crippen LogP contribution < -0.4 is 16.2 Å². The normalized spacial score (nSPS) is 19.7. The summed E-state index contributed by atoms with van der Waals surface area (Å²) >= 11 is 0. The monoisotopic (exact) mass is 259 g/mol. The molecular formula is C13H17N5O. The number of nitrogens with zero attached hydrogens (tertiary/aromatic N) is 3. The number of hydrogen-bond acceptors (Lipinski definition) is 6. The second kappa shape index (κ2) is 4.99. The Bertz CT molecular complexity index is 588. The summed E-state index contributed by atoms with van der Waals surface area (Å²) in [7, 11) is 0. The van der Waals surface area contributed by atoms with Gasteiger partial charge in [0, 0.05) is 11.9 Å². The van der Waals surface area contributed by atoms with Crippen molar-refractivity contribution >= 4 is 22.7 Å². The fraction of sp³-hybridized carbons (Fsp3) is 0.385. The lowest BCUT2D eigenvalue weighted by molar-refractivity contribution is 0.0987. The van der Waals surface area contributed by atoms with Crippen LogP contribution in [0.4, 0.5) is 11.8 Å². The number of ether oxygens (including phenoxy) is 1. The zero-order valence-corrected chi connectivity index (χ0v) is 10.8. The molecule has 3 N–H and O–H groups in total. The van der Waals surface area contributed by atoms with Crippen molar-refractivity contribution in [1.29, 1.82) is 0 Å². The van der Waals surface area contributed by atoms with Crippen LogP contribution in [-0.2, 0) is 4.74 Å². The fourth-order valence-electron chi connectivity index (χ4n) is 2.39. The Labute approximate surface area is 111 Å². The zero-order valence-electron chi connectivity index (χ0n) is 10.8. The first-order chi connectivity index (χ1) is 9.29. The van der Waals surface area contributed by atoms with Crippen molar-refractivity contribution in [3.05, 3.63) is 24.3 Å². The minimum atomic E-state index is 0.290. The van der Waals surface area contributed by atoms with Gasteiger partial charge in [-0.3, -0.25) is 5.43 Å². The van der Waals surface area contributed by atoms with Crippen molar-refractivity contribution in [3.63, 3.8) is 0 Å². The lowest BCUT2D eigenvalue weighted by Crippen LogP contribution is -2.44. The third-order valence-electron chi connectivity index (χ3n) is 3.35. The van der Waals surface area contributed by atoms with Crippen LogP contribution in [0.15, 0.2) is 24.3 Å². The highest BCUT2D eigenvalue weighted by molar-refractivity contribution is 5.90. The van der Waals surface area contributed by atoms with Crippen molar-refractivity contribution in [2.45, 2.75) is 13.0 Å². The summed E-state index contributed by atoms with van der Waals surface area (Å²) in [6, 6.07) is 8.25. The predicted octanol–water partition coefficient (Wildman–Crippen LogP) is 1.14. The number of nitrogen functional groups attached to an aromatic ring is 1. The number of fused-ring (bicyclic) bond motifs is 1. The van der Waals surface area contributed by atoms with Crippen LogP contribution in [0.3, 0.4) is 0 Å². The number of para-hydroxylation sites is 1. The molecule has 2 aromatic rings. The van der Waals surface area contributed by atoms with Crippen molar-refractivity contribution in [1.82, 2.24) is 9.97 Å². The van der Waals surface area contributed by atoms with Crippen LogP contribution in [0.1, 0.15) is 6.92 Å². The molecule has 0 bridgehead atoms. The van der Waals surface area contributed by atoms with Gasteiger partial charge in [0.2, 0.25) is 5.95 Å². The molecule has 0 amide bonds. The van der Waals surface area contributed by atoms with E-state index in [1.54, 1.807) is 0 Å². The number of anilines is 2. The molecule has 19 heavy (non-hydrogen) atoms. The molecule has 1 unspecified atom stereocenters. The van der Waals surface area contributed by atoms with Gasteiger partial charge in [-0.25, -0.2) is 10.8 Å². The summed E-state index contributed by atoms with van der Waals surface area (Å²) in [5.74, 6) is 6.80. The van der Waals surface area contributed by atoms with Gasteiger partial charge in [0.15, 0.2) is 0 Å². The van der Waals surface area contributed by atoms with Crippen LogP contribution in [0.25, 0.3) is 10.9 Å². The number of nitrogens with one attached hydrogen (secondary N) is 1. The Kier molecular flexibility index (Phi) is 3.18. The first-order valence-electron chi connectivity index (χ1n) is 6.37. The van der Waals surface area contributed by atoms with E-state index in [0.717, 1.165) is 23.3 Å². The Morgan fingerprint density at radius 3 is 3.00 bits per heavy atom. The molecule has 0 radical (unpaired) electrons. The van der Waals surface area contributed by atoms with Crippen LogP contribution >= 0.6 is 0 Å². The Morgan fingerprint density at radius 1 is 1.37 bits per heavy atom. The lowest BCUT2D eigenvalue weighted by Gasteiger charge is -2.34. The van der Waals surface area contributed by atoms with E-state index in [4.69, 9.17) is 10.6 Å². The van der Waals surface area contributed by atoms with E-state index in [9.17, 15) is 0 Å². The Balaban J connectivity index is 2.14. The van der Waals surface area contributed by atoms with E-state index in [0.29, 0.717) is 19.2 Å². The molecule has 100 valence electrons. The van der Waals surface area contributed by atoms with Gasteiger partial charge < -0.3 is 9.64 Å². The molecule has 2 heterocycles. The third-order valence-corrected chi connectivity index (χ3v) is 3.35. The molecule has 1 fully saturated rings. The quantitative estimate of drug-likeness (QED) is 0.622. The highest BCUT2D eigenvalue weighted by atomic mass is 16.5. The maximum Gasteiger partial charge on any atom is 0.239 e. The van der Waals surface area contributed by atoms with Crippen molar-refractivity contribution < 1.29 is 4.74 Å². The number of hydrazine groups is 1. The van der Waals surface area contributed by atoms with Crippen molar-refractivity contribution in [3.8, 4) is 0 Å². The number of nitrogens with two attached hydrogens (primary N) is 1. The van der Waals surface area contributed by atoms with Crippen molar-refractivity contribution in [2.24, 2.45) is 5.84 Å². The number of rotatable bonds is 2. The minimum Gasteiger partial charge on any atom is -0.377 e. The molecule has 1 saturated heterocycles. The summed E-state index contributed by atoms with van der Waals surface area (Å²) in [6.45, 7) is 4.38. The summed E-state index contributed by atoms with van der Waals surface area (Å²) in [4.78, 5) is 11.1. The summed E-state index contributed by atoms with van der Waals surface area (Å²) in [5.41, 5.74) is 3.42. The first-order valence-corrected chi connectivity index (χ1v) is 6.37. The molecule has 1 aliphatic rings. The van der Waals surface area contributed by atoms with E-state index >= 15 is 0 Å². The maximum atomic E-state index is 5.48. The number of aromatic nitrogens is 2. The molecule has 1 atom stereocenters. The standard InChI is InChI=1S/C13H17N5O/c1-9-8-19-7-6-18(9)12-10-4-2-3-5-11(10)15-13(16-12)17-14/h2-5,9H,6-8,14H2,1H3,(H,15,16,17). The number of hydrogen-bond donors (Lipinski definition) is 2. The molecule has 0 spiro atoms. The van der Waals surface area contributed by atoms with E-state index in [-0.39, 0.29) is 6.04 Å². The SMILES string of the molecule is CC1COCCN1c1nc(NN)nc2ccccc12. The Morgan fingerprint density at radius 2 is 2.21 bits per heavy atom. The minimum absolute atomic E-state index is 0.290. The summed E-state index contributed by atoms with van der Waals surface area (Å²) in [5, 5.41) is 1.04. The molecule has 6 heteroatoms. The molecule has 1 aromatic carbocycles. The number of benzene rings is 1.